The third kappa shape index (κ3) is 2.21. The number of nitro groups is 1. The molecule has 4 saturated carbocycles. The maximum absolute atomic E-state index is 11.6. The van der Waals surface area contributed by atoms with Crippen LogP contribution in [0.25, 0.3) is 0 Å². The Balaban J connectivity index is 1.61. The second-order valence-electron chi connectivity index (χ2n) is 10.3. The van der Waals surface area contributed by atoms with Crippen molar-refractivity contribution in [3.8, 4) is 0 Å². The van der Waals surface area contributed by atoms with E-state index in [2.05, 4.69) is 13.8 Å². The van der Waals surface area contributed by atoms with Gasteiger partial charge in [-0.25, -0.2) is 0 Å². The number of nitrogens with zero attached hydrogens (tertiary/aromatic N) is 1. The van der Waals surface area contributed by atoms with Crippen LogP contribution >= 0.6 is 0 Å². The fourth-order valence-electron chi connectivity index (χ4n) is 7.75. The molecule has 0 aromatic heterocycles. The Bertz CT molecular complexity index is 547. The number of rotatable bonds is 1. The van der Waals surface area contributed by atoms with Gasteiger partial charge in [-0.2, -0.15) is 0 Å². The number of fused-ring (bicyclic) bond motifs is 5. The maximum atomic E-state index is 11.6. The summed E-state index contributed by atoms with van der Waals surface area (Å²) in [5.41, 5.74) is -0.211. The summed E-state index contributed by atoms with van der Waals surface area (Å²) < 4.78 is 0. The molecular formula is C20H33NO3. The average Bonchev–Trinajstić information content (AvgIpc) is 2.85. The molecule has 0 radical (unpaired) electrons. The second-order valence-corrected chi connectivity index (χ2v) is 10.3. The van der Waals surface area contributed by atoms with Crippen LogP contribution in [0.15, 0.2) is 0 Å². The van der Waals surface area contributed by atoms with E-state index in [0.29, 0.717) is 23.2 Å². The standard InChI is InChI=1S/C20H33NO3/c1-18(22)10-11-19(2)13(12-18)4-5-14-15-6-7-17(21(23)24)20(15,3)9-8-16(14)19/h13-17,22H,4-12H2,1-3H3/t13?,14?,15?,16?,17-,18+,19-,20-/m0/s1. The highest BCUT2D eigenvalue weighted by Crippen LogP contribution is 2.67. The van der Waals surface area contributed by atoms with Crippen molar-refractivity contribution in [3.05, 3.63) is 10.1 Å². The van der Waals surface area contributed by atoms with E-state index in [0.717, 1.165) is 50.9 Å². The molecule has 4 aliphatic carbocycles. The number of aliphatic hydroxyl groups is 1. The highest BCUT2D eigenvalue weighted by molar-refractivity contribution is 5.10. The summed E-state index contributed by atoms with van der Waals surface area (Å²) in [6, 6.07) is -0.318. The van der Waals surface area contributed by atoms with Crippen LogP contribution in [0.1, 0.15) is 78.6 Å². The summed E-state index contributed by atoms with van der Waals surface area (Å²) in [6.45, 7) is 6.70. The molecule has 0 aliphatic heterocycles. The topological polar surface area (TPSA) is 63.4 Å². The van der Waals surface area contributed by atoms with Gasteiger partial charge in [-0.05, 0) is 87.4 Å². The van der Waals surface area contributed by atoms with Gasteiger partial charge in [0, 0.05) is 16.8 Å². The highest BCUT2D eigenvalue weighted by atomic mass is 16.6. The van der Waals surface area contributed by atoms with Crippen molar-refractivity contribution in [3.63, 3.8) is 0 Å². The van der Waals surface area contributed by atoms with Gasteiger partial charge in [-0.1, -0.05) is 13.8 Å². The van der Waals surface area contributed by atoms with Gasteiger partial charge in [0.25, 0.3) is 0 Å². The minimum absolute atomic E-state index is 0.0193. The fraction of sp³-hybridized carbons (Fsp3) is 1.00. The van der Waals surface area contributed by atoms with Crippen molar-refractivity contribution < 1.29 is 10.0 Å². The zero-order valence-electron chi connectivity index (χ0n) is 15.5. The molecule has 0 aromatic carbocycles. The third-order valence-corrected chi connectivity index (χ3v) is 9.16. The molecule has 1 N–H and O–H groups in total. The zero-order chi connectivity index (χ0) is 17.3. The molecule has 4 aliphatic rings. The first-order valence-corrected chi connectivity index (χ1v) is 10.0. The van der Waals surface area contributed by atoms with E-state index >= 15 is 0 Å². The number of hydrogen-bond acceptors (Lipinski definition) is 3. The fourth-order valence-corrected chi connectivity index (χ4v) is 7.75. The zero-order valence-corrected chi connectivity index (χ0v) is 15.5. The second kappa shape index (κ2) is 5.18. The molecule has 0 heterocycles. The van der Waals surface area contributed by atoms with E-state index in [9.17, 15) is 15.2 Å². The van der Waals surface area contributed by atoms with Crippen molar-refractivity contribution in [2.75, 3.05) is 0 Å². The molecular weight excluding hydrogens is 302 g/mol. The Morgan fingerprint density at radius 1 is 0.917 bits per heavy atom. The first kappa shape index (κ1) is 16.8. The van der Waals surface area contributed by atoms with E-state index in [-0.39, 0.29) is 16.4 Å². The monoisotopic (exact) mass is 335 g/mol. The normalized spacial score (nSPS) is 56.9. The molecule has 0 saturated heterocycles. The largest absolute Gasteiger partial charge is 0.390 e. The predicted molar refractivity (Wildman–Crippen MR) is 93.1 cm³/mol. The van der Waals surface area contributed by atoms with Crippen molar-refractivity contribution in [2.24, 2.45) is 34.5 Å². The Morgan fingerprint density at radius 2 is 1.62 bits per heavy atom. The summed E-state index contributed by atoms with van der Waals surface area (Å²) in [5.74, 6) is 2.58. The summed E-state index contributed by atoms with van der Waals surface area (Å²) in [5, 5.41) is 22.1. The first-order chi connectivity index (χ1) is 11.2. The average molecular weight is 335 g/mol. The van der Waals surface area contributed by atoms with Crippen LogP contribution in [-0.4, -0.2) is 21.7 Å². The molecule has 4 heteroatoms. The molecule has 0 spiro atoms. The summed E-state index contributed by atoms with van der Waals surface area (Å²) >= 11 is 0. The van der Waals surface area contributed by atoms with Crippen LogP contribution in [0, 0.1) is 44.6 Å². The lowest BCUT2D eigenvalue weighted by molar-refractivity contribution is -0.540. The molecule has 136 valence electrons. The molecule has 24 heavy (non-hydrogen) atoms. The molecule has 4 rings (SSSR count). The van der Waals surface area contributed by atoms with Gasteiger partial charge in [-0.3, -0.25) is 10.1 Å². The minimum Gasteiger partial charge on any atom is -0.390 e. The summed E-state index contributed by atoms with van der Waals surface area (Å²) in [4.78, 5) is 11.6. The van der Waals surface area contributed by atoms with Gasteiger partial charge in [-0.15, -0.1) is 0 Å². The van der Waals surface area contributed by atoms with Crippen molar-refractivity contribution in [1.82, 2.24) is 0 Å². The van der Waals surface area contributed by atoms with E-state index in [1.165, 1.54) is 12.8 Å². The molecule has 4 fully saturated rings. The van der Waals surface area contributed by atoms with E-state index in [1.54, 1.807) is 0 Å². The quantitative estimate of drug-likeness (QED) is 0.569. The first-order valence-electron chi connectivity index (χ1n) is 10.0. The van der Waals surface area contributed by atoms with Gasteiger partial charge in [0.15, 0.2) is 0 Å². The van der Waals surface area contributed by atoms with Crippen LogP contribution in [0.5, 0.6) is 0 Å². The van der Waals surface area contributed by atoms with Gasteiger partial charge >= 0.3 is 0 Å². The lowest BCUT2D eigenvalue weighted by Crippen LogP contribution is -2.56. The van der Waals surface area contributed by atoms with Crippen LogP contribution < -0.4 is 0 Å². The molecule has 0 bridgehead atoms. The van der Waals surface area contributed by atoms with Gasteiger partial charge in [0.1, 0.15) is 0 Å². The summed E-state index contributed by atoms with van der Waals surface area (Å²) in [7, 11) is 0. The van der Waals surface area contributed by atoms with Gasteiger partial charge in [0.05, 0.1) is 5.60 Å². The van der Waals surface area contributed by atoms with Crippen molar-refractivity contribution in [1.29, 1.82) is 0 Å². The molecule has 0 aromatic rings. The highest BCUT2D eigenvalue weighted by Gasteiger charge is 2.63. The van der Waals surface area contributed by atoms with Crippen LogP contribution in [-0.2, 0) is 0 Å². The Hall–Kier alpha value is -0.640. The van der Waals surface area contributed by atoms with Crippen molar-refractivity contribution >= 4 is 0 Å². The van der Waals surface area contributed by atoms with Crippen molar-refractivity contribution in [2.45, 2.75) is 90.2 Å². The van der Waals surface area contributed by atoms with Gasteiger partial charge in [0.2, 0.25) is 6.04 Å². The maximum Gasteiger partial charge on any atom is 0.218 e. The van der Waals surface area contributed by atoms with Crippen LogP contribution in [0.4, 0.5) is 0 Å². The Labute approximate surface area is 145 Å². The molecule has 0 amide bonds. The Kier molecular flexibility index (Phi) is 3.63. The third-order valence-electron chi connectivity index (χ3n) is 9.16. The smallest absolute Gasteiger partial charge is 0.218 e. The van der Waals surface area contributed by atoms with E-state index in [1.807, 2.05) is 6.92 Å². The van der Waals surface area contributed by atoms with E-state index < -0.39 is 5.60 Å². The summed E-state index contributed by atoms with van der Waals surface area (Å²) in [6.07, 6.45) is 9.48. The van der Waals surface area contributed by atoms with Gasteiger partial charge < -0.3 is 5.11 Å². The molecule has 4 nitrogen and oxygen atoms in total. The minimum atomic E-state index is -0.482. The predicted octanol–water partition coefficient (Wildman–Crippen LogP) is 4.43. The lowest BCUT2D eigenvalue weighted by atomic mass is 9.44. The number of hydrogen-bond donors (Lipinski definition) is 1. The molecule has 4 unspecified atom stereocenters. The lowest BCUT2D eigenvalue weighted by Gasteiger charge is -2.61. The van der Waals surface area contributed by atoms with Crippen LogP contribution in [0.3, 0.4) is 0 Å². The van der Waals surface area contributed by atoms with E-state index in [4.69, 9.17) is 0 Å². The molecule has 8 atom stereocenters. The SMILES string of the molecule is C[C@@]1(O)CC[C@@]2(C)C(CCC3C2CC[C@@]2(C)C3CC[C@@H]2[N+](=O)[O-])C1. The van der Waals surface area contributed by atoms with Crippen LogP contribution in [0.2, 0.25) is 0 Å². The Morgan fingerprint density at radius 3 is 2.33 bits per heavy atom.